The lowest BCUT2D eigenvalue weighted by atomic mass is 10.1. The van der Waals surface area contributed by atoms with Crippen LogP contribution in [-0.2, 0) is 6.54 Å². The average molecular weight is 353 g/mol. The Kier molecular flexibility index (Phi) is 6.22. The molecule has 8 N–H and O–H groups in total. The molecule has 0 fully saturated rings. The lowest BCUT2D eigenvalue weighted by Gasteiger charge is -2.08. The minimum atomic E-state index is 0.678. The number of fused-ring (bicyclic) bond motifs is 2. The molecule has 6 nitrogen and oxygen atoms in total. The van der Waals surface area contributed by atoms with Crippen LogP contribution in [0.4, 0.5) is 11.4 Å². The van der Waals surface area contributed by atoms with Crippen molar-refractivity contribution >= 4 is 33.2 Å². The smallest absolute Gasteiger partial charge is 0.215 e. The van der Waals surface area contributed by atoms with Gasteiger partial charge in [0.05, 0.1) is 0 Å². The van der Waals surface area contributed by atoms with E-state index in [2.05, 4.69) is 33.4 Å². The van der Waals surface area contributed by atoms with Gasteiger partial charge in [-0.1, -0.05) is 0 Å². The topological polar surface area (TPSA) is 106 Å². The maximum Gasteiger partial charge on any atom is 0.215 e. The first-order valence-electron chi connectivity index (χ1n) is 9.22. The number of pyridine rings is 1. The summed E-state index contributed by atoms with van der Waals surface area (Å²) >= 11 is 0. The minimum Gasteiger partial charge on any atom is -0.399 e. The Morgan fingerprint density at radius 3 is 1.88 bits per heavy atom. The van der Waals surface area contributed by atoms with E-state index in [1.165, 1.54) is 10.8 Å². The fourth-order valence-electron chi connectivity index (χ4n) is 3.26. The molecule has 3 aromatic rings. The van der Waals surface area contributed by atoms with E-state index in [0.717, 1.165) is 61.6 Å². The Bertz CT molecular complexity index is 817. The van der Waals surface area contributed by atoms with E-state index in [-0.39, 0.29) is 0 Å². The number of nitrogens with one attached hydrogen (secondary N) is 2. The predicted molar refractivity (Wildman–Crippen MR) is 110 cm³/mol. The molecule has 0 aliphatic heterocycles. The molecule has 0 saturated carbocycles. The van der Waals surface area contributed by atoms with Gasteiger partial charge in [-0.2, -0.15) is 4.57 Å². The first-order chi connectivity index (χ1) is 12.7. The zero-order chi connectivity index (χ0) is 18.4. The second-order valence-corrected chi connectivity index (χ2v) is 6.57. The van der Waals surface area contributed by atoms with Gasteiger partial charge < -0.3 is 27.8 Å². The van der Waals surface area contributed by atoms with Crippen LogP contribution >= 0.6 is 0 Å². The summed E-state index contributed by atoms with van der Waals surface area (Å²) in [4.78, 5) is 0. The summed E-state index contributed by atoms with van der Waals surface area (Å²) in [7, 11) is 0. The Morgan fingerprint density at radius 2 is 1.31 bits per heavy atom. The maximum atomic E-state index is 6.03. The molecule has 0 aliphatic rings. The highest BCUT2D eigenvalue weighted by Gasteiger charge is 2.15. The highest BCUT2D eigenvalue weighted by Crippen LogP contribution is 2.22. The number of aryl methyl sites for hydroxylation is 1. The largest absolute Gasteiger partial charge is 0.399 e. The van der Waals surface area contributed by atoms with Crippen molar-refractivity contribution in [1.82, 2.24) is 10.6 Å². The normalized spacial score (nSPS) is 11.4. The number of hydrogen-bond acceptors (Lipinski definition) is 5. The third-order valence-electron chi connectivity index (χ3n) is 4.54. The van der Waals surface area contributed by atoms with Gasteiger partial charge >= 0.3 is 0 Å². The molecular weight excluding hydrogens is 324 g/mol. The van der Waals surface area contributed by atoms with Crippen LogP contribution in [0, 0.1) is 0 Å². The molecule has 0 atom stereocenters. The van der Waals surface area contributed by atoms with Gasteiger partial charge in [-0.3, -0.25) is 0 Å². The van der Waals surface area contributed by atoms with E-state index < -0.39 is 0 Å². The molecule has 138 valence electrons. The summed E-state index contributed by atoms with van der Waals surface area (Å²) in [5.74, 6) is 0. The molecule has 0 aliphatic carbocycles. The van der Waals surface area contributed by atoms with Crippen molar-refractivity contribution in [3.05, 3.63) is 42.5 Å². The summed E-state index contributed by atoms with van der Waals surface area (Å²) in [5, 5.41) is 9.13. The second kappa shape index (κ2) is 8.80. The van der Waals surface area contributed by atoms with Crippen LogP contribution in [0.15, 0.2) is 42.5 Å². The molecule has 0 saturated heterocycles. The maximum absolute atomic E-state index is 6.03. The minimum absolute atomic E-state index is 0.678. The van der Waals surface area contributed by atoms with Gasteiger partial charge in [0.1, 0.15) is 0 Å². The van der Waals surface area contributed by atoms with Crippen molar-refractivity contribution < 1.29 is 4.57 Å². The first-order valence-corrected chi connectivity index (χ1v) is 9.22. The van der Waals surface area contributed by atoms with Crippen LogP contribution in [0.2, 0.25) is 0 Å². The molecule has 1 aromatic heterocycles. The molecule has 0 radical (unpaired) electrons. The second-order valence-electron chi connectivity index (χ2n) is 6.57. The van der Waals surface area contributed by atoms with Crippen LogP contribution in [0.1, 0.15) is 6.42 Å². The summed E-state index contributed by atoms with van der Waals surface area (Å²) < 4.78 is 2.33. The Balaban J connectivity index is 1.76. The number of nitrogens with two attached hydrogens (primary N) is 3. The fourth-order valence-corrected chi connectivity index (χ4v) is 3.26. The summed E-state index contributed by atoms with van der Waals surface area (Å²) in [6.45, 7) is 5.29. The SMILES string of the molecule is NCCNCCNCCC[n+]1c2cc(N)ccc2cc2ccc(N)cc21. The average Bonchev–Trinajstić information content (AvgIpc) is 2.63. The third kappa shape index (κ3) is 4.40. The van der Waals surface area contributed by atoms with Crippen LogP contribution in [0.25, 0.3) is 21.8 Å². The van der Waals surface area contributed by atoms with Gasteiger partial charge in [-0.15, -0.1) is 0 Å². The lowest BCUT2D eigenvalue weighted by Crippen LogP contribution is -2.38. The lowest BCUT2D eigenvalue weighted by molar-refractivity contribution is -0.645. The van der Waals surface area contributed by atoms with Gasteiger partial charge in [0.15, 0.2) is 6.54 Å². The van der Waals surface area contributed by atoms with Gasteiger partial charge in [0.2, 0.25) is 11.0 Å². The zero-order valence-corrected chi connectivity index (χ0v) is 15.2. The molecular formula is C20H29N6+. The van der Waals surface area contributed by atoms with E-state index in [1.807, 2.05) is 24.3 Å². The molecule has 3 rings (SSSR count). The van der Waals surface area contributed by atoms with Crippen molar-refractivity contribution in [1.29, 1.82) is 0 Å². The number of hydrogen-bond donors (Lipinski definition) is 5. The van der Waals surface area contributed by atoms with Crippen molar-refractivity contribution in [3.63, 3.8) is 0 Å². The standard InChI is InChI=1S/C20H28N6/c21-6-8-25-10-9-24-7-1-11-26-19-13-17(22)4-2-15(19)12-16-3-5-18(23)14-20(16)26/h2-5,12-14,24-25H,1,6-11,21H2,(H3,22,23)/p+1. The molecule has 0 amide bonds. The molecule has 2 aromatic carbocycles. The number of nitrogen functional groups attached to an aromatic ring is 2. The number of nitrogens with zero attached hydrogens (tertiary/aromatic N) is 1. The van der Waals surface area contributed by atoms with Crippen LogP contribution in [0.3, 0.4) is 0 Å². The highest BCUT2D eigenvalue weighted by molar-refractivity contribution is 5.91. The molecule has 0 spiro atoms. The number of benzene rings is 2. The monoisotopic (exact) mass is 353 g/mol. The predicted octanol–water partition coefficient (Wildman–Crippen LogP) is 0.973. The van der Waals surface area contributed by atoms with Gasteiger partial charge in [-0.25, -0.2) is 0 Å². The van der Waals surface area contributed by atoms with Crippen molar-refractivity contribution in [2.75, 3.05) is 44.2 Å². The van der Waals surface area contributed by atoms with E-state index >= 15 is 0 Å². The van der Waals surface area contributed by atoms with E-state index in [4.69, 9.17) is 17.2 Å². The van der Waals surface area contributed by atoms with Crippen molar-refractivity contribution in [3.8, 4) is 0 Å². The summed E-state index contributed by atoms with van der Waals surface area (Å²) in [6.07, 6.45) is 1.03. The highest BCUT2D eigenvalue weighted by atomic mass is 15.0. The molecule has 0 bridgehead atoms. The van der Waals surface area contributed by atoms with Gasteiger partial charge in [-0.05, 0) is 30.3 Å². The summed E-state index contributed by atoms with van der Waals surface area (Å²) in [6, 6.07) is 14.3. The molecule has 6 heteroatoms. The van der Waals surface area contributed by atoms with Crippen LogP contribution < -0.4 is 32.4 Å². The number of anilines is 2. The molecule has 0 unspecified atom stereocenters. The van der Waals surface area contributed by atoms with E-state index in [9.17, 15) is 0 Å². The Hall–Kier alpha value is -2.41. The van der Waals surface area contributed by atoms with Gasteiger partial charge in [0, 0.05) is 73.4 Å². The van der Waals surface area contributed by atoms with Crippen LogP contribution in [0.5, 0.6) is 0 Å². The summed E-state index contributed by atoms with van der Waals surface area (Å²) in [5.41, 5.74) is 21.4. The van der Waals surface area contributed by atoms with Gasteiger partial charge in [0.25, 0.3) is 0 Å². The van der Waals surface area contributed by atoms with Crippen LogP contribution in [-0.4, -0.2) is 32.7 Å². The number of rotatable bonds is 9. The zero-order valence-electron chi connectivity index (χ0n) is 15.2. The Morgan fingerprint density at radius 1 is 0.731 bits per heavy atom. The third-order valence-corrected chi connectivity index (χ3v) is 4.54. The Labute approximate surface area is 154 Å². The van der Waals surface area contributed by atoms with Crippen molar-refractivity contribution in [2.45, 2.75) is 13.0 Å². The van der Waals surface area contributed by atoms with E-state index in [1.54, 1.807) is 0 Å². The first kappa shape index (κ1) is 18.4. The van der Waals surface area contributed by atoms with Crippen molar-refractivity contribution in [2.24, 2.45) is 5.73 Å². The molecule has 26 heavy (non-hydrogen) atoms. The number of aromatic nitrogens is 1. The quantitative estimate of drug-likeness (QED) is 0.171. The molecule has 1 heterocycles. The fraction of sp³-hybridized carbons (Fsp3) is 0.350. The van der Waals surface area contributed by atoms with E-state index in [0.29, 0.717) is 6.54 Å².